The molecule has 2 aromatic heterocycles. The monoisotopic (exact) mass is 320 g/mol. The maximum absolute atomic E-state index is 12.6. The van der Waals surface area contributed by atoms with Gasteiger partial charge in [-0.2, -0.15) is 5.10 Å². The Morgan fingerprint density at radius 2 is 2.12 bits per heavy atom. The minimum absolute atomic E-state index is 0.0442. The van der Waals surface area contributed by atoms with E-state index >= 15 is 0 Å². The lowest BCUT2D eigenvalue weighted by molar-refractivity contribution is 0.0953. The molecule has 0 radical (unpaired) electrons. The highest BCUT2D eigenvalue weighted by Gasteiger charge is 2.38. The van der Waals surface area contributed by atoms with Crippen LogP contribution in [0.25, 0.3) is 11.0 Å². The zero-order valence-corrected chi connectivity index (χ0v) is 13.9. The summed E-state index contributed by atoms with van der Waals surface area (Å²) in [5.74, 6) is 1.06. The zero-order valence-electron chi connectivity index (χ0n) is 13.9. The van der Waals surface area contributed by atoms with Crippen LogP contribution in [0, 0.1) is 12.8 Å². The molecule has 1 saturated carbocycles. The maximum Gasteiger partial charge on any atom is 0.252 e. The Labute approximate surface area is 140 Å². The van der Waals surface area contributed by atoms with Gasteiger partial charge in [0, 0.05) is 19.3 Å². The molecule has 5 nitrogen and oxygen atoms in total. The smallest absolute Gasteiger partial charge is 0.252 e. The van der Waals surface area contributed by atoms with Crippen molar-refractivity contribution in [1.82, 2.24) is 20.1 Å². The summed E-state index contributed by atoms with van der Waals surface area (Å²) in [4.78, 5) is 17.1. The van der Waals surface area contributed by atoms with Gasteiger partial charge < -0.3 is 5.32 Å². The van der Waals surface area contributed by atoms with Crippen LogP contribution in [-0.2, 0) is 7.05 Å². The van der Waals surface area contributed by atoms with Crippen LogP contribution in [-0.4, -0.2) is 27.2 Å². The Hall–Kier alpha value is -2.69. The van der Waals surface area contributed by atoms with Gasteiger partial charge >= 0.3 is 0 Å². The molecule has 122 valence electrons. The molecule has 1 amide bonds. The quantitative estimate of drug-likeness (QED) is 0.804. The lowest BCUT2D eigenvalue weighted by Crippen LogP contribution is -2.26. The molecule has 1 aromatic carbocycles. The Kier molecular flexibility index (Phi) is 3.56. The molecule has 1 aliphatic rings. The standard InChI is InChI=1S/C19H20N4O/c1-12-8-16(17-11-21-23(2)18(17)22-12)19(24)20-10-14-9-15(14)13-6-4-3-5-7-13/h3-8,11,14-15H,9-10H2,1-2H3,(H,20,24)/t14-,15+/m0/s1. The largest absolute Gasteiger partial charge is 0.352 e. The number of nitrogens with one attached hydrogen (secondary N) is 1. The predicted octanol–water partition coefficient (Wildman–Crippen LogP) is 2.81. The Morgan fingerprint density at radius 1 is 1.33 bits per heavy atom. The first-order valence-corrected chi connectivity index (χ1v) is 8.26. The van der Waals surface area contributed by atoms with Gasteiger partial charge in [0.25, 0.3) is 5.91 Å². The van der Waals surface area contributed by atoms with Crippen LogP contribution in [0.1, 0.15) is 34.0 Å². The van der Waals surface area contributed by atoms with E-state index in [-0.39, 0.29) is 5.91 Å². The van der Waals surface area contributed by atoms with Gasteiger partial charge in [0.2, 0.25) is 0 Å². The van der Waals surface area contributed by atoms with E-state index in [0.29, 0.717) is 23.9 Å². The van der Waals surface area contributed by atoms with E-state index < -0.39 is 0 Å². The van der Waals surface area contributed by atoms with E-state index in [0.717, 1.165) is 23.1 Å². The first-order valence-electron chi connectivity index (χ1n) is 8.26. The maximum atomic E-state index is 12.6. The number of fused-ring (bicyclic) bond motifs is 1. The second kappa shape index (κ2) is 5.74. The molecular weight excluding hydrogens is 300 g/mol. The highest BCUT2D eigenvalue weighted by Crippen LogP contribution is 2.46. The van der Waals surface area contributed by atoms with Crippen LogP contribution in [0.15, 0.2) is 42.6 Å². The Balaban J connectivity index is 1.46. The number of carbonyl (C=O) groups excluding carboxylic acids is 1. The van der Waals surface area contributed by atoms with Gasteiger partial charge in [-0.25, -0.2) is 4.98 Å². The van der Waals surface area contributed by atoms with E-state index in [2.05, 4.69) is 39.7 Å². The van der Waals surface area contributed by atoms with Crippen molar-refractivity contribution in [1.29, 1.82) is 0 Å². The van der Waals surface area contributed by atoms with Crippen molar-refractivity contribution in [3.8, 4) is 0 Å². The molecular formula is C19H20N4O. The van der Waals surface area contributed by atoms with Crippen LogP contribution in [0.4, 0.5) is 0 Å². The van der Waals surface area contributed by atoms with Gasteiger partial charge in [0.15, 0.2) is 5.65 Å². The summed E-state index contributed by atoms with van der Waals surface area (Å²) >= 11 is 0. The number of hydrogen-bond donors (Lipinski definition) is 1. The topological polar surface area (TPSA) is 59.8 Å². The van der Waals surface area contributed by atoms with Gasteiger partial charge in [-0.1, -0.05) is 30.3 Å². The summed E-state index contributed by atoms with van der Waals surface area (Å²) in [6, 6.07) is 12.3. The number of rotatable bonds is 4. The molecule has 24 heavy (non-hydrogen) atoms. The van der Waals surface area contributed by atoms with Crippen LogP contribution < -0.4 is 5.32 Å². The summed E-state index contributed by atoms with van der Waals surface area (Å²) < 4.78 is 1.70. The number of nitrogens with zero attached hydrogens (tertiary/aromatic N) is 3. The van der Waals surface area contributed by atoms with Crippen molar-refractivity contribution in [2.24, 2.45) is 13.0 Å². The molecule has 0 aliphatic heterocycles. The first kappa shape index (κ1) is 14.9. The van der Waals surface area contributed by atoms with Crippen molar-refractivity contribution >= 4 is 16.9 Å². The van der Waals surface area contributed by atoms with Crippen molar-refractivity contribution in [3.63, 3.8) is 0 Å². The second-order valence-corrected chi connectivity index (χ2v) is 6.54. The molecule has 0 saturated heterocycles. The summed E-state index contributed by atoms with van der Waals surface area (Å²) in [6.45, 7) is 2.61. The average molecular weight is 320 g/mol. The van der Waals surface area contributed by atoms with E-state index in [1.807, 2.05) is 26.1 Å². The fraction of sp³-hybridized carbons (Fsp3) is 0.316. The molecule has 1 fully saturated rings. The zero-order chi connectivity index (χ0) is 16.7. The molecule has 0 unspecified atom stereocenters. The Bertz CT molecular complexity index is 900. The van der Waals surface area contributed by atoms with Gasteiger partial charge in [0.05, 0.1) is 17.1 Å². The summed E-state index contributed by atoms with van der Waals surface area (Å²) in [5, 5.41) is 8.10. The number of aromatic nitrogens is 3. The highest BCUT2D eigenvalue weighted by atomic mass is 16.1. The third kappa shape index (κ3) is 2.66. The number of carbonyl (C=O) groups is 1. The Morgan fingerprint density at radius 3 is 2.92 bits per heavy atom. The van der Waals surface area contributed by atoms with E-state index in [9.17, 15) is 4.79 Å². The molecule has 0 spiro atoms. The number of aryl methyl sites for hydroxylation is 2. The average Bonchev–Trinajstić information content (AvgIpc) is 3.29. The van der Waals surface area contributed by atoms with Crippen molar-refractivity contribution in [2.75, 3.05) is 6.54 Å². The lowest BCUT2D eigenvalue weighted by Gasteiger charge is -2.07. The number of hydrogen-bond acceptors (Lipinski definition) is 3. The summed E-state index contributed by atoms with van der Waals surface area (Å²) in [5.41, 5.74) is 3.59. The molecule has 2 atom stereocenters. The molecule has 5 heteroatoms. The number of pyridine rings is 1. The van der Waals surface area contributed by atoms with Crippen molar-refractivity contribution in [2.45, 2.75) is 19.3 Å². The van der Waals surface area contributed by atoms with Crippen molar-refractivity contribution < 1.29 is 4.79 Å². The summed E-state index contributed by atoms with van der Waals surface area (Å²) in [6.07, 6.45) is 2.85. The van der Waals surface area contributed by atoms with Crippen LogP contribution in [0.2, 0.25) is 0 Å². The number of benzene rings is 1. The summed E-state index contributed by atoms with van der Waals surface area (Å²) in [7, 11) is 1.84. The molecule has 2 heterocycles. The third-order valence-electron chi connectivity index (χ3n) is 4.75. The fourth-order valence-electron chi connectivity index (χ4n) is 3.33. The van der Waals surface area contributed by atoms with Crippen LogP contribution >= 0.6 is 0 Å². The van der Waals surface area contributed by atoms with Gasteiger partial charge in [-0.3, -0.25) is 9.48 Å². The fourth-order valence-corrected chi connectivity index (χ4v) is 3.33. The second-order valence-electron chi connectivity index (χ2n) is 6.54. The molecule has 4 rings (SSSR count). The molecule has 1 N–H and O–H groups in total. The number of amides is 1. The van der Waals surface area contributed by atoms with Crippen LogP contribution in [0.3, 0.4) is 0 Å². The third-order valence-corrected chi connectivity index (χ3v) is 4.75. The molecule has 1 aliphatic carbocycles. The molecule has 3 aromatic rings. The highest BCUT2D eigenvalue weighted by molar-refractivity contribution is 6.05. The lowest BCUT2D eigenvalue weighted by atomic mass is 10.1. The molecule has 0 bridgehead atoms. The predicted molar refractivity (Wildman–Crippen MR) is 92.9 cm³/mol. The van der Waals surface area contributed by atoms with Crippen molar-refractivity contribution in [3.05, 3.63) is 59.4 Å². The SMILES string of the molecule is Cc1cc(C(=O)NC[C@@H]2C[C@@H]2c2ccccc2)c2cnn(C)c2n1. The van der Waals surface area contributed by atoms with Gasteiger partial charge in [0.1, 0.15) is 0 Å². The van der Waals surface area contributed by atoms with Gasteiger partial charge in [-0.15, -0.1) is 0 Å². The minimum Gasteiger partial charge on any atom is -0.352 e. The van der Waals surface area contributed by atoms with E-state index in [4.69, 9.17) is 0 Å². The minimum atomic E-state index is -0.0442. The van der Waals surface area contributed by atoms with Crippen LogP contribution in [0.5, 0.6) is 0 Å². The van der Waals surface area contributed by atoms with E-state index in [1.165, 1.54) is 5.56 Å². The van der Waals surface area contributed by atoms with Gasteiger partial charge in [-0.05, 0) is 36.8 Å². The van der Waals surface area contributed by atoms with E-state index in [1.54, 1.807) is 10.9 Å². The first-order chi connectivity index (χ1) is 11.6. The normalized spacial score (nSPS) is 19.4.